The molecule has 0 radical (unpaired) electrons. The van der Waals surface area contributed by atoms with Crippen molar-refractivity contribution in [3.63, 3.8) is 0 Å². The number of hydrogen-bond donors (Lipinski definition) is 0. The van der Waals surface area contributed by atoms with Gasteiger partial charge < -0.3 is 4.74 Å². The monoisotopic (exact) mass is 257 g/mol. The zero-order valence-corrected chi connectivity index (χ0v) is 9.56. The van der Waals surface area contributed by atoms with Crippen LogP contribution in [0.3, 0.4) is 0 Å². The number of halogens is 1. The molecule has 6 nitrogen and oxygen atoms in total. The summed E-state index contributed by atoms with van der Waals surface area (Å²) in [5.41, 5.74) is -0.554. The lowest BCUT2D eigenvalue weighted by Crippen LogP contribution is -2.17. The molecule has 0 aliphatic heterocycles. The number of Topliss-reactive ketones (excluding diaryl/α,β-unsaturated/α-hetero) is 1. The van der Waals surface area contributed by atoms with Crippen LogP contribution in [0.25, 0.3) is 0 Å². The molecular formula is C10H8ClNO5. The van der Waals surface area contributed by atoms with Crippen LogP contribution in [-0.4, -0.2) is 23.3 Å². The zero-order valence-electron chi connectivity index (χ0n) is 8.81. The number of nitro groups is 1. The first-order chi connectivity index (χ1) is 7.97. The SMILES string of the molecule is CCOC(=O)C(=O)c1ccc(Cl)c([N+](=O)[O-])c1. The first kappa shape index (κ1) is 13.1. The Bertz CT molecular complexity index is 486. The molecule has 7 heteroatoms. The van der Waals surface area contributed by atoms with Crippen LogP contribution in [0.1, 0.15) is 17.3 Å². The lowest BCUT2D eigenvalue weighted by atomic mass is 10.1. The van der Waals surface area contributed by atoms with Gasteiger partial charge in [-0.3, -0.25) is 14.9 Å². The van der Waals surface area contributed by atoms with Crippen molar-refractivity contribution in [1.29, 1.82) is 0 Å². The van der Waals surface area contributed by atoms with E-state index in [1.165, 1.54) is 12.1 Å². The van der Waals surface area contributed by atoms with E-state index >= 15 is 0 Å². The molecule has 0 N–H and O–H groups in total. The molecule has 0 fully saturated rings. The van der Waals surface area contributed by atoms with Crippen molar-refractivity contribution in [2.75, 3.05) is 6.61 Å². The fourth-order valence-corrected chi connectivity index (χ4v) is 1.29. The molecule has 0 saturated carbocycles. The van der Waals surface area contributed by atoms with Gasteiger partial charge >= 0.3 is 5.97 Å². The van der Waals surface area contributed by atoms with Crippen molar-refractivity contribution in [1.82, 2.24) is 0 Å². The van der Waals surface area contributed by atoms with E-state index in [1.807, 2.05) is 0 Å². The maximum Gasteiger partial charge on any atom is 0.379 e. The summed E-state index contributed by atoms with van der Waals surface area (Å²) in [6.45, 7) is 1.61. The number of nitro benzene ring substituents is 1. The first-order valence-electron chi connectivity index (χ1n) is 4.62. The average Bonchev–Trinajstić information content (AvgIpc) is 2.28. The van der Waals surface area contributed by atoms with Gasteiger partial charge in [0, 0.05) is 11.6 Å². The maximum absolute atomic E-state index is 11.5. The van der Waals surface area contributed by atoms with E-state index in [0.717, 1.165) is 6.07 Å². The van der Waals surface area contributed by atoms with Crippen LogP contribution in [0, 0.1) is 10.1 Å². The van der Waals surface area contributed by atoms with E-state index in [-0.39, 0.29) is 17.2 Å². The lowest BCUT2D eigenvalue weighted by molar-refractivity contribution is -0.384. The molecule has 0 bridgehead atoms. The third-order valence-corrected chi connectivity index (χ3v) is 2.19. The van der Waals surface area contributed by atoms with E-state index in [2.05, 4.69) is 4.74 Å². The number of carbonyl (C=O) groups is 2. The Morgan fingerprint density at radius 3 is 2.65 bits per heavy atom. The van der Waals surface area contributed by atoms with Gasteiger partial charge in [-0.1, -0.05) is 11.6 Å². The van der Waals surface area contributed by atoms with Crippen LogP contribution in [-0.2, 0) is 9.53 Å². The number of hydrogen-bond acceptors (Lipinski definition) is 5. The van der Waals surface area contributed by atoms with Crippen LogP contribution >= 0.6 is 11.6 Å². The normalized spacial score (nSPS) is 9.76. The molecule has 0 amide bonds. The van der Waals surface area contributed by atoms with Gasteiger partial charge in [0.25, 0.3) is 11.5 Å². The molecule has 17 heavy (non-hydrogen) atoms. The van der Waals surface area contributed by atoms with Crippen molar-refractivity contribution in [3.8, 4) is 0 Å². The highest BCUT2D eigenvalue weighted by Crippen LogP contribution is 2.25. The van der Waals surface area contributed by atoms with Gasteiger partial charge in [0.15, 0.2) is 0 Å². The molecular weight excluding hydrogens is 250 g/mol. The molecule has 0 atom stereocenters. The van der Waals surface area contributed by atoms with Gasteiger partial charge in [-0.05, 0) is 19.1 Å². The molecule has 0 aliphatic rings. The second-order valence-corrected chi connectivity index (χ2v) is 3.38. The smallest absolute Gasteiger partial charge is 0.379 e. The van der Waals surface area contributed by atoms with Crippen LogP contribution in [0.4, 0.5) is 5.69 Å². The highest BCUT2D eigenvalue weighted by Gasteiger charge is 2.21. The van der Waals surface area contributed by atoms with Gasteiger partial charge in [0.05, 0.1) is 11.5 Å². The van der Waals surface area contributed by atoms with Gasteiger partial charge in [-0.2, -0.15) is 0 Å². The van der Waals surface area contributed by atoms with Crippen molar-refractivity contribution < 1.29 is 19.2 Å². The van der Waals surface area contributed by atoms with E-state index in [0.29, 0.717) is 0 Å². The molecule has 1 aromatic carbocycles. The summed E-state index contributed by atoms with van der Waals surface area (Å²) in [6, 6.07) is 3.36. The minimum absolute atomic E-state index is 0.0558. The summed E-state index contributed by atoms with van der Waals surface area (Å²) >= 11 is 5.57. The minimum Gasteiger partial charge on any atom is -0.460 e. The maximum atomic E-state index is 11.5. The summed E-state index contributed by atoms with van der Waals surface area (Å²) < 4.78 is 4.50. The first-order valence-corrected chi connectivity index (χ1v) is 5.00. The van der Waals surface area contributed by atoms with Crippen LogP contribution in [0.2, 0.25) is 5.02 Å². The Morgan fingerprint density at radius 2 is 2.12 bits per heavy atom. The lowest BCUT2D eigenvalue weighted by Gasteiger charge is -2.01. The number of nitrogens with zero attached hydrogens (tertiary/aromatic N) is 1. The van der Waals surface area contributed by atoms with E-state index in [1.54, 1.807) is 6.92 Å². The van der Waals surface area contributed by atoms with Crippen molar-refractivity contribution in [2.45, 2.75) is 6.92 Å². The van der Waals surface area contributed by atoms with E-state index < -0.39 is 22.4 Å². The number of ether oxygens (including phenoxy) is 1. The van der Waals surface area contributed by atoms with Crippen molar-refractivity contribution in [3.05, 3.63) is 38.9 Å². The van der Waals surface area contributed by atoms with E-state index in [9.17, 15) is 19.7 Å². The minimum atomic E-state index is -1.05. The van der Waals surface area contributed by atoms with Crippen molar-refractivity contribution >= 4 is 29.0 Å². The molecule has 0 heterocycles. The Balaban J connectivity index is 3.08. The fraction of sp³-hybridized carbons (Fsp3) is 0.200. The summed E-state index contributed by atoms with van der Waals surface area (Å²) in [5, 5.41) is 10.5. The highest BCUT2D eigenvalue weighted by molar-refractivity contribution is 6.41. The van der Waals surface area contributed by atoms with Crippen LogP contribution in [0.15, 0.2) is 18.2 Å². The van der Waals surface area contributed by atoms with Crippen molar-refractivity contribution in [2.24, 2.45) is 0 Å². The Hall–Kier alpha value is -1.95. The highest BCUT2D eigenvalue weighted by atomic mass is 35.5. The molecule has 0 saturated heterocycles. The predicted octanol–water partition coefficient (Wildman–Crippen LogP) is 1.99. The Morgan fingerprint density at radius 1 is 1.47 bits per heavy atom. The summed E-state index contributed by atoms with van der Waals surface area (Å²) in [6.07, 6.45) is 0. The second-order valence-electron chi connectivity index (χ2n) is 2.97. The Kier molecular flexibility index (Phi) is 4.17. The standard InChI is InChI=1S/C10H8ClNO5/c1-2-17-10(14)9(13)6-3-4-7(11)8(5-6)12(15)16/h3-5H,2H2,1H3. The van der Waals surface area contributed by atoms with Gasteiger partial charge in [-0.15, -0.1) is 0 Å². The Labute approximate surface area is 101 Å². The fourth-order valence-electron chi connectivity index (χ4n) is 1.11. The predicted molar refractivity (Wildman–Crippen MR) is 59.1 cm³/mol. The summed E-state index contributed by atoms with van der Waals surface area (Å²) in [5.74, 6) is -1.99. The summed E-state index contributed by atoms with van der Waals surface area (Å²) in [7, 11) is 0. The molecule has 0 unspecified atom stereocenters. The van der Waals surface area contributed by atoms with Crippen LogP contribution in [0.5, 0.6) is 0 Å². The topological polar surface area (TPSA) is 86.5 Å². The van der Waals surface area contributed by atoms with Gasteiger partial charge in [0.2, 0.25) is 0 Å². The number of esters is 1. The molecule has 0 aliphatic carbocycles. The van der Waals surface area contributed by atoms with E-state index in [4.69, 9.17) is 11.6 Å². The largest absolute Gasteiger partial charge is 0.460 e. The second kappa shape index (κ2) is 5.40. The number of rotatable bonds is 4. The van der Waals surface area contributed by atoms with Gasteiger partial charge in [0.1, 0.15) is 5.02 Å². The van der Waals surface area contributed by atoms with Gasteiger partial charge in [-0.25, -0.2) is 4.79 Å². The molecule has 90 valence electrons. The average molecular weight is 258 g/mol. The molecule has 1 rings (SSSR count). The zero-order chi connectivity index (χ0) is 13.0. The third kappa shape index (κ3) is 3.01. The summed E-state index contributed by atoms with van der Waals surface area (Å²) in [4.78, 5) is 32.5. The molecule has 0 spiro atoms. The van der Waals surface area contributed by atoms with Crippen LogP contribution < -0.4 is 0 Å². The third-order valence-electron chi connectivity index (χ3n) is 1.87. The quantitative estimate of drug-likeness (QED) is 0.271. The number of ketones is 1. The molecule has 0 aromatic heterocycles. The number of carbonyl (C=O) groups excluding carboxylic acids is 2. The number of benzene rings is 1. The molecule has 1 aromatic rings.